The van der Waals surface area contributed by atoms with E-state index < -0.39 is 0 Å². The Kier molecular flexibility index (Phi) is 7.72. The minimum atomic E-state index is 1.25. The van der Waals surface area contributed by atoms with Crippen LogP contribution < -0.4 is 0 Å². The summed E-state index contributed by atoms with van der Waals surface area (Å²) in [7, 11) is 0. The first kappa shape index (κ1) is 31.8. The van der Waals surface area contributed by atoms with E-state index in [1.807, 2.05) is 0 Å². The van der Waals surface area contributed by atoms with Crippen molar-refractivity contribution in [2.45, 2.75) is 55.4 Å². The topological polar surface area (TPSA) is 0 Å². The van der Waals surface area contributed by atoms with Gasteiger partial charge in [0.15, 0.2) is 0 Å². The van der Waals surface area contributed by atoms with Gasteiger partial charge in [0.1, 0.15) is 0 Å². The number of aryl methyl sites for hydroxylation is 8. The van der Waals surface area contributed by atoms with Gasteiger partial charge in [0, 0.05) is 0 Å². The zero-order chi connectivity index (χ0) is 34.8. The van der Waals surface area contributed by atoms with Gasteiger partial charge >= 0.3 is 0 Å². The number of hydrogen-bond donors (Lipinski definition) is 0. The Morgan fingerprint density at radius 1 is 0.240 bits per heavy atom. The zero-order valence-corrected chi connectivity index (χ0v) is 30.5. The molecule has 0 saturated carbocycles. The van der Waals surface area contributed by atoms with Gasteiger partial charge in [-0.1, -0.05) is 144 Å². The van der Waals surface area contributed by atoms with Gasteiger partial charge in [-0.25, -0.2) is 0 Å². The van der Waals surface area contributed by atoms with Gasteiger partial charge in [0.25, 0.3) is 0 Å². The van der Waals surface area contributed by atoms with Crippen LogP contribution in [0.1, 0.15) is 44.5 Å². The summed E-state index contributed by atoms with van der Waals surface area (Å²) in [5.41, 5.74) is 20.5. The lowest BCUT2D eigenvalue weighted by molar-refractivity contribution is 1.36. The van der Waals surface area contributed by atoms with Gasteiger partial charge in [-0.3, -0.25) is 0 Å². The summed E-state index contributed by atoms with van der Waals surface area (Å²) in [5.74, 6) is 0. The van der Waals surface area contributed by atoms with Crippen LogP contribution in [0.3, 0.4) is 0 Å². The van der Waals surface area contributed by atoms with Crippen molar-refractivity contribution in [3.63, 3.8) is 0 Å². The first-order chi connectivity index (χ1) is 24.1. The van der Waals surface area contributed by atoms with Crippen molar-refractivity contribution in [1.29, 1.82) is 0 Å². The molecule has 0 saturated heterocycles. The third-order valence-electron chi connectivity index (χ3n) is 11.0. The SMILES string of the molecule is Cc1ccc(-c2c3cc(C)c(C)cc3c(-c3ccc(C)cc3)c3c(-c4ccc(C)cc4)c4cc(C)c(C)cc4c(-c4ccc(C)cc4)c23)cc1. The molecule has 0 fully saturated rings. The Balaban J connectivity index is 1.79. The average molecular weight is 645 g/mol. The highest BCUT2D eigenvalue weighted by molar-refractivity contribution is 6.34. The molecule has 0 nitrogen and oxygen atoms in total. The molecule has 0 bridgehead atoms. The monoisotopic (exact) mass is 644 g/mol. The van der Waals surface area contributed by atoms with Crippen molar-refractivity contribution in [2.24, 2.45) is 0 Å². The first-order valence-electron chi connectivity index (χ1n) is 17.8. The molecule has 0 aliphatic carbocycles. The van der Waals surface area contributed by atoms with Crippen LogP contribution in [-0.4, -0.2) is 0 Å². The molecule has 8 aromatic rings. The molecular weight excluding hydrogens is 601 g/mol. The molecule has 0 radical (unpaired) electrons. The molecule has 0 spiro atoms. The zero-order valence-electron chi connectivity index (χ0n) is 30.5. The van der Waals surface area contributed by atoms with Crippen LogP contribution in [0.5, 0.6) is 0 Å². The molecule has 0 aliphatic rings. The molecule has 244 valence electrons. The highest BCUT2D eigenvalue weighted by Crippen LogP contribution is 2.54. The first-order valence-corrected chi connectivity index (χ1v) is 17.8. The molecule has 0 atom stereocenters. The van der Waals surface area contributed by atoms with E-state index in [-0.39, 0.29) is 0 Å². The molecule has 8 rings (SSSR count). The molecule has 0 aromatic heterocycles. The second kappa shape index (κ2) is 12.1. The summed E-state index contributed by atoms with van der Waals surface area (Å²) in [6.07, 6.45) is 0. The van der Waals surface area contributed by atoms with Crippen molar-refractivity contribution in [2.75, 3.05) is 0 Å². The predicted molar refractivity (Wildman–Crippen MR) is 219 cm³/mol. The van der Waals surface area contributed by atoms with Crippen molar-refractivity contribution in [1.82, 2.24) is 0 Å². The molecule has 0 heteroatoms. The van der Waals surface area contributed by atoms with Gasteiger partial charge in [-0.2, -0.15) is 0 Å². The third kappa shape index (κ3) is 5.22. The number of hydrogen-bond acceptors (Lipinski definition) is 0. The van der Waals surface area contributed by atoms with Crippen LogP contribution >= 0.6 is 0 Å². The Hall–Kier alpha value is -5.46. The summed E-state index contributed by atoms with van der Waals surface area (Å²) in [5, 5.41) is 7.82. The van der Waals surface area contributed by atoms with Crippen LogP contribution in [0, 0.1) is 55.4 Å². The van der Waals surface area contributed by atoms with Crippen molar-refractivity contribution in [3.05, 3.63) is 166 Å². The molecule has 0 N–H and O–H groups in total. The minimum Gasteiger partial charge on any atom is -0.0587 e. The third-order valence-corrected chi connectivity index (χ3v) is 11.0. The van der Waals surface area contributed by atoms with E-state index in [9.17, 15) is 0 Å². The van der Waals surface area contributed by atoms with Gasteiger partial charge in [0.2, 0.25) is 0 Å². The van der Waals surface area contributed by atoms with E-state index in [1.165, 1.54) is 121 Å². The highest BCUT2D eigenvalue weighted by Gasteiger charge is 2.26. The maximum atomic E-state index is 2.45. The van der Waals surface area contributed by atoms with Crippen molar-refractivity contribution in [3.8, 4) is 44.5 Å². The lowest BCUT2D eigenvalue weighted by Gasteiger charge is -2.26. The summed E-state index contributed by atoms with van der Waals surface area (Å²) >= 11 is 0. The maximum Gasteiger partial charge on any atom is -0.000139 e. The smallest absolute Gasteiger partial charge is 0.000139 e. The Labute approximate surface area is 297 Å². The van der Waals surface area contributed by atoms with E-state index >= 15 is 0 Å². The lowest BCUT2D eigenvalue weighted by Crippen LogP contribution is -1.99. The normalized spacial score (nSPS) is 11.6. The van der Waals surface area contributed by atoms with Crippen molar-refractivity contribution >= 4 is 32.3 Å². The van der Waals surface area contributed by atoms with Gasteiger partial charge < -0.3 is 0 Å². The van der Waals surface area contributed by atoms with Crippen molar-refractivity contribution < 1.29 is 0 Å². The van der Waals surface area contributed by atoms with Crippen LogP contribution in [-0.2, 0) is 0 Å². The summed E-state index contributed by atoms with van der Waals surface area (Å²) < 4.78 is 0. The van der Waals surface area contributed by atoms with Gasteiger partial charge in [-0.15, -0.1) is 0 Å². The molecular formula is C50H44. The lowest BCUT2D eigenvalue weighted by atomic mass is 9.76. The van der Waals surface area contributed by atoms with Crippen LogP contribution in [0.15, 0.2) is 121 Å². The summed E-state index contributed by atoms with van der Waals surface area (Å²) in [6.45, 7) is 17.8. The fourth-order valence-electron chi connectivity index (χ4n) is 7.83. The fourth-order valence-corrected chi connectivity index (χ4v) is 7.83. The quantitative estimate of drug-likeness (QED) is 0.167. The minimum absolute atomic E-state index is 1.25. The Morgan fingerprint density at radius 3 is 0.600 bits per heavy atom. The highest BCUT2D eigenvalue weighted by atomic mass is 14.3. The Morgan fingerprint density at radius 2 is 0.420 bits per heavy atom. The molecule has 0 heterocycles. The fraction of sp³-hybridized carbons (Fsp3) is 0.160. The number of rotatable bonds is 4. The van der Waals surface area contributed by atoms with Gasteiger partial charge in [0.05, 0.1) is 0 Å². The molecule has 0 unspecified atom stereocenters. The number of benzene rings is 8. The van der Waals surface area contributed by atoms with E-state index in [0.29, 0.717) is 0 Å². The summed E-state index contributed by atoms with van der Waals surface area (Å²) in [6, 6.07) is 46.6. The average Bonchev–Trinajstić information content (AvgIpc) is 3.10. The van der Waals surface area contributed by atoms with E-state index in [1.54, 1.807) is 0 Å². The maximum absolute atomic E-state index is 2.45. The largest absolute Gasteiger partial charge is 0.0587 e. The Bertz CT molecular complexity index is 2230. The second-order valence-corrected chi connectivity index (χ2v) is 14.7. The second-order valence-electron chi connectivity index (χ2n) is 14.7. The van der Waals surface area contributed by atoms with E-state index in [4.69, 9.17) is 0 Å². The molecule has 0 aliphatic heterocycles. The summed E-state index contributed by atoms with van der Waals surface area (Å²) in [4.78, 5) is 0. The van der Waals surface area contributed by atoms with Crippen LogP contribution in [0.2, 0.25) is 0 Å². The van der Waals surface area contributed by atoms with Crippen LogP contribution in [0.25, 0.3) is 76.8 Å². The molecule has 8 aromatic carbocycles. The predicted octanol–water partition coefficient (Wildman–Crippen LogP) is 14.3. The van der Waals surface area contributed by atoms with Crippen LogP contribution in [0.4, 0.5) is 0 Å². The van der Waals surface area contributed by atoms with Gasteiger partial charge in [-0.05, 0) is 154 Å². The standard InChI is InChI=1S/C50H44/c1-29-9-17-37(18-10-29)45-41-25-33(5)34(6)26-42(41)47(39-21-13-31(3)14-22-39)50-48(40-23-15-32(4)16-24-40)44-28-36(8)35(7)27-43(44)46(49(45)50)38-19-11-30(2)12-20-38/h9-28H,1-8H3. The molecule has 0 amide bonds. The van der Waals surface area contributed by atoms with E-state index in [0.717, 1.165) is 0 Å². The van der Waals surface area contributed by atoms with E-state index in [2.05, 4.69) is 177 Å². The molecule has 50 heavy (non-hydrogen) atoms. The number of fused-ring (bicyclic) bond motifs is 3.